The van der Waals surface area contributed by atoms with E-state index >= 15 is 0 Å². The number of hydrogen-bond acceptors (Lipinski definition) is 4. The summed E-state index contributed by atoms with van der Waals surface area (Å²) in [5.74, 6) is 0.561. The minimum absolute atomic E-state index is 0.0664. The summed E-state index contributed by atoms with van der Waals surface area (Å²) in [7, 11) is 1.87. The third kappa shape index (κ3) is 4.98. The van der Waals surface area contributed by atoms with Gasteiger partial charge in [0.1, 0.15) is 0 Å². The molecule has 2 aromatic rings. The number of hydrogen-bond donors (Lipinski definition) is 2. The average molecular weight is 317 g/mol. The molecule has 7 heteroatoms. The smallest absolute Gasteiger partial charge is 0.315 e. The molecule has 2 amide bonds. The maximum absolute atomic E-state index is 11.9. The Kier molecular flexibility index (Phi) is 5.56. The lowest BCUT2D eigenvalue weighted by molar-refractivity contribution is 0.232. The number of urea groups is 1. The van der Waals surface area contributed by atoms with Crippen molar-refractivity contribution in [3.63, 3.8) is 0 Å². The SMILES string of the molecule is Cc1c(CNC(=O)NCc2ccnc(OC(C)C)c2)cnn1C. The zero-order chi connectivity index (χ0) is 16.8. The largest absolute Gasteiger partial charge is 0.475 e. The Morgan fingerprint density at radius 2 is 2.09 bits per heavy atom. The van der Waals surface area contributed by atoms with E-state index in [4.69, 9.17) is 4.74 Å². The highest BCUT2D eigenvalue weighted by molar-refractivity contribution is 5.73. The minimum Gasteiger partial charge on any atom is -0.475 e. The third-order valence-electron chi connectivity index (χ3n) is 3.39. The van der Waals surface area contributed by atoms with E-state index in [0.29, 0.717) is 19.0 Å². The van der Waals surface area contributed by atoms with Gasteiger partial charge in [0, 0.05) is 43.7 Å². The molecule has 0 fully saturated rings. The summed E-state index contributed by atoms with van der Waals surface area (Å²) in [5, 5.41) is 9.78. The topological polar surface area (TPSA) is 81.1 Å². The summed E-state index contributed by atoms with van der Waals surface area (Å²) < 4.78 is 7.31. The van der Waals surface area contributed by atoms with Crippen LogP contribution in [0.25, 0.3) is 0 Å². The number of rotatable bonds is 6. The number of carbonyl (C=O) groups is 1. The van der Waals surface area contributed by atoms with Gasteiger partial charge in [0.25, 0.3) is 0 Å². The summed E-state index contributed by atoms with van der Waals surface area (Å²) in [5.41, 5.74) is 2.97. The Morgan fingerprint density at radius 3 is 2.74 bits per heavy atom. The highest BCUT2D eigenvalue weighted by atomic mass is 16.5. The third-order valence-corrected chi connectivity index (χ3v) is 3.39. The molecule has 0 aromatic carbocycles. The molecule has 7 nitrogen and oxygen atoms in total. The molecule has 0 aliphatic heterocycles. The Morgan fingerprint density at radius 1 is 1.35 bits per heavy atom. The molecule has 0 radical (unpaired) electrons. The number of amides is 2. The average Bonchev–Trinajstić information content (AvgIpc) is 2.82. The Labute approximate surface area is 136 Å². The van der Waals surface area contributed by atoms with Crippen molar-refractivity contribution in [1.82, 2.24) is 25.4 Å². The van der Waals surface area contributed by atoms with E-state index in [1.54, 1.807) is 17.1 Å². The summed E-state index contributed by atoms with van der Waals surface area (Å²) in [6, 6.07) is 3.45. The van der Waals surface area contributed by atoms with Crippen molar-refractivity contribution >= 4 is 6.03 Å². The van der Waals surface area contributed by atoms with Gasteiger partial charge in [-0.05, 0) is 32.4 Å². The fraction of sp³-hybridized carbons (Fsp3) is 0.438. The standard InChI is InChI=1S/C16H23N5O2/c1-11(2)23-15-7-13(5-6-17-15)8-18-16(22)19-9-14-10-20-21(4)12(14)3/h5-7,10-11H,8-9H2,1-4H3,(H2,18,19,22). The minimum atomic E-state index is -0.226. The van der Waals surface area contributed by atoms with E-state index in [1.807, 2.05) is 40.0 Å². The van der Waals surface area contributed by atoms with Gasteiger partial charge in [-0.15, -0.1) is 0 Å². The second kappa shape index (κ2) is 7.62. The normalized spacial score (nSPS) is 10.7. The van der Waals surface area contributed by atoms with Crippen molar-refractivity contribution in [2.75, 3.05) is 0 Å². The van der Waals surface area contributed by atoms with E-state index < -0.39 is 0 Å². The van der Waals surface area contributed by atoms with E-state index in [9.17, 15) is 4.79 Å². The van der Waals surface area contributed by atoms with E-state index in [-0.39, 0.29) is 12.1 Å². The number of pyridine rings is 1. The molecule has 0 spiro atoms. The van der Waals surface area contributed by atoms with Crippen molar-refractivity contribution in [3.05, 3.63) is 41.3 Å². The molecule has 2 aromatic heterocycles. The number of carbonyl (C=O) groups excluding carboxylic acids is 1. The zero-order valence-electron chi connectivity index (χ0n) is 14.0. The Bertz CT molecular complexity index is 666. The lowest BCUT2D eigenvalue weighted by atomic mass is 10.2. The molecule has 0 saturated carbocycles. The molecule has 124 valence electrons. The summed E-state index contributed by atoms with van der Waals surface area (Å²) >= 11 is 0. The molecule has 0 atom stereocenters. The molecular weight excluding hydrogens is 294 g/mol. The Hall–Kier alpha value is -2.57. The Balaban J connectivity index is 1.81. The van der Waals surface area contributed by atoms with E-state index in [1.165, 1.54) is 0 Å². The van der Waals surface area contributed by atoms with Gasteiger partial charge < -0.3 is 15.4 Å². The van der Waals surface area contributed by atoms with Crippen molar-refractivity contribution in [1.29, 1.82) is 0 Å². The van der Waals surface area contributed by atoms with Crippen molar-refractivity contribution in [2.24, 2.45) is 7.05 Å². The molecule has 0 aliphatic rings. The van der Waals surface area contributed by atoms with Crippen molar-refractivity contribution in [3.8, 4) is 5.88 Å². The van der Waals surface area contributed by atoms with Crippen LogP contribution in [0.2, 0.25) is 0 Å². The first-order valence-electron chi connectivity index (χ1n) is 7.56. The molecule has 0 unspecified atom stereocenters. The van der Waals surface area contributed by atoms with Crippen LogP contribution < -0.4 is 15.4 Å². The number of ether oxygens (including phenoxy) is 1. The highest BCUT2D eigenvalue weighted by Crippen LogP contribution is 2.11. The van der Waals surface area contributed by atoms with Crippen LogP contribution >= 0.6 is 0 Å². The number of nitrogens with one attached hydrogen (secondary N) is 2. The fourth-order valence-electron chi connectivity index (χ4n) is 2.00. The monoisotopic (exact) mass is 317 g/mol. The van der Waals surface area contributed by atoms with Crippen LogP contribution in [0.15, 0.2) is 24.5 Å². The van der Waals surface area contributed by atoms with Gasteiger partial charge in [-0.2, -0.15) is 5.10 Å². The molecule has 0 bridgehead atoms. The number of nitrogens with zero attached hydrogens (tertiary/aromatic N) is 3. The van der Waals surface area contributed by atoms with Gasteiger partial charge in [0.05, 0.1) is 12.3 Å². The molecular formula is C16H23N5O2. The number of aromatic nitrogens is 3. The van der Waals surface area contributed by atoms with Crippen LogP contribution in [-0.2, 0) is 20.1 Å². The molecule has 2 rings (SSSR count). The van der Waals surface area contributed by atoms with Crippen LogP contribution in [-0.4, -0.2) is 26.9 Å². The summed E-state index contributed by atoms with van der Waals surface area (Å²) in [6.45, 7) is 6.72. The maximum atomic E-state index is 11.9. The lowest BCUT2D eigenvalue weighted by Crippen LogP contribution is -2.34. The van der Waals surface area contributed by atoms with Crippen LogP contribution in [0.4, 0.5) is 4.79 Å². The van der Waals surface area contributed by atoms with Gasteiger partial charge in [0.2, 0.25) is 5.88 Å². The molecule has 2 heterocycles. The highest BCUT2D eigenvalue weighted by Gasteiger charge is 2.06. The molecule has 23 heavy (non-hydrogen) atoms. The quantitative estimate of drug-likeness (QED) is 0.853. The molecule has 0 saturated heterocycles. The summed E-state index contributed by atoms with van der Waals surface area (Å²) in [4.78, 5) is 16.0. The van der Waals surface area contributed by atoms with Gasteiger partial charge in [0.15, 0.2) is 0 Å². The first-order valence-corrected chi connectivity index (χ1v) is 7.56. The second-order valence-corrected chi connectivity index (χ2v) is 5.58. The molecule has 0 aliphatic carbocycles. The van der Waals surface area contributed by atoms with Gasteiger partial charge >= 0.3 is 6.03 Å². The van der Waals surface area contributed by atoms with Gasteiger partial charge in [-0.1, -0.05) is 0 Å². The van der Waals surface area contributed by atoms with E-state index in [2.05, 4.69) is 20.7 Å². The fourth-order valence-corrected chi connectivity index (χ4v) is 2.00. The zero-order valence-corrected chi connectivity index (χ0v) is 14.0. The predicted octanol–water partition coefficient (Wildman–Crippen LogP) is 1.91. The van der Waals surface area contributed by atoms with Gasteiger partial charge in [-0.25, -0.2) is 9.78 Å². The van der Waals surface area contributed by atoms with Gasteiger partial charge in [-0.3, -0.25) is 4.68 Å². The lowest BCUT2D eigenvalue weighted by Gasteiger charge is -2.11. The van der Waals surface area contributed by atoms with Crippen LogP contribution in [0.3, 0.4) is 0 Å². The molecule has 2 N–H and O–H groups in total. The first-order chi connectivity index (χ1) is 11.0. The summed E-state index contributed by atoms with van der Waals surface area (Å²) in [6.07, 6.45) is 3.50. The first kappa shape index (κ1) is 16.8. The van der Waals surface area contributed by atoms with Crippen LogP contribution in [0, 0.1) is 6.92 Å². The number of aryl methyl sites for hydroxylation is 1. The van der Waals surface area contributed by atoms with Crippen molar-refractivity contribution in [2.45, 2.75) is 40.0 Å². The second-order valence-electron chi connectivity index (χ2n) is 5.58. The van der Waals surface area contributed by atoms with Crippen LogP contribution in [0.5, 0.6) is 5.88 Å². The van der Waals surface area contributed by atoms with Crippen molar-refractivity contribution < 1.29 is 9.53 Å². The predicted molar refractivity (Wildman–Crippen MR) is 87.0 cm³/mol. The van der Waals surface area contributed by atoms with E-state index in [0.717, 1.165) is 16.8 Å². The maximum Gasteiger partial charge on any atom is 0.315 e. The van der Waals surface area contributed by atoms with Crippen LogP contribution in [0.1, 0.15) is 30.7 Å².